The van der Waals surface area contributed by atoms with Gasteiger partial charge in [0.15, 0.2) is 0 Å². The molecule has 0 radical (unpaired) electrons. The van der Waals surface area contributed by atoms with Gasteiger partial charge >= 0.3 is 0 Å². The Morgan fingerprint density at radius 2 is 2.19 bits per heavy atom. The normalized spacial score (nSPS) is 10.9. The number of rotatable bonds is 4. The van der Waals surface area contributed by atoms with Gasteiger partial charge in [0.25, 0.3) is 0 Å². The zero-order valence-electron chi connectivity index (χ0n) is 9.35. The van der Waals surface area contributed by atoms with Crippen molar-refractivity contribution < 1.29 is 0 Å². The molecular weight excluding hydrogens is 288 g/mol. The van der Waals surface area contributed by atoms with Crippen LogP contribution in [0, 0.1) is 16.7 Å². The molecule has 0 aliphatic carbocycles. The fourth-order valence-corrected chi connectivity index (χ4v) is 1.68. The van der Waals surface area contributed by atoms with E-state index < -0.39 is 0 Å². The van der Waals surface area contributed by atoms with E-state index in [9.17, 15) is 0 Å². The summed E-state index contributed by atoms with van der Waals surface area (Å²) in [5.74, 6) is 0. The second kappa shape index (κ2) is 5.56. The van der Waals surface area contributed by atoms with Crippen molar-refractivity contribution in [1.29, 1.82) is 5.26 Å². The number of hydrogen-bond donors (Lipinski definition) is 1. The quantitative estimate of drug-likeness (QED) is 0.891. The van der Waals surface area contributed by atoms with Crippen LogP contribution in [-0.2, 0) is 0 Å². The molecule has 0 amide bonds. The molecule has 0 heterocycles. The molecule has 0 aliphatic heterocycles. The van der Waals surface area contributed by atoms with E-state index in [0.717, 1.165) is 23.1 Å². The van der Waals surface area contributed by atoms with Crippen LogP contribution in [0.5, 0.6) is 0 Å². The summed E-state index contributed by atoms with van der Waals surface area (Å²) in [5, 5.41) is 12.8. The summed E-state index contributed by atoms with van der Waals surface area (Å²) in [4.78, 5) is 0. The Labute approximate surface area is 110 Å². The number of nitrogens with zero attached hydrogens (tertiary/aromatic N) is 1. The van der Waals surface area contributed by atoms with E-state index in [1.54, 1.807) is 0 Å². The predicted molar refractivity (Wildman–Crippen MR) is 71.7 cm³/mol. The van der Waals surface area contributed by atoms with E-state index in [1.807, 2.05) is 32.0 Å². The molecule has 0 saturated heterocycles. The van der Waals surface area contributed by atoms with Crippen LogP contribution < -0.4 is 5.32 Å². The number of nitriles is 1. The van der Waals surface area contributed by atoms with Crippen molar-refractivity contribution >= 4 is 33.2 Å². The Hall–Kier alpha value is -0.720. The van der Waals surface area contributed by atoms with Gasteiger partial charge in [0.05, 0.1) is 16.5 Å². The van der Waals surface area contributed by atoms with Crippen LogP contribution in [0.15, 0.2) is 22.7 Å². The Kier molecular flexibility index (Phi) is 4.64. The molecule has 0 bridgehead atoms. The van der Waals surface area contributed by atoms with Crippen LogP contribution in [0.1, 0.15) is 20.3 Å². The number of hydrogen-bond acceptors (Lipinski definition) is 2. The third-order valence-corrected chi connectivity index (χ3v) is 3.52. The molecule has 0 unspecified atom stereocenters. The molecule has 1 N–H and O–H groups in total. The van der Waals surface area contributed by atoms with Crippen molar-refractivity contribution in [3.05, 3.63) is 27.7 Å². The number of anilines is 1. The average molecular weight is 302 g/mol. The smallest absolute Gasteiger partial charge is 0.0684 e. The lowest BCUT2D eigenvalue weighted by Gasteiger charge is -2.15. The zero-order chi connectivity index (χ0) is 12.2. The van der Waals surface area contributed by atoms with Crippen molar-refractivity contribution in [3.63, 3.8) is 0 Å². The van der Waals surface area contributed by atoms with Crippen LogP contribution in [-0.4, -0.2) is 6.54 Å². The molecule has 0 fully saturated rings. The minimum atomic E-state index is -0.281. The number of benzene rings is 1. The predicted octanol–water partition coefficient (Wildman–Crippen LogP) is 4.45. The van der Waals surface area contributed by atoms with Crippen LogP contribution in [0.2, 0.25) is 5.02 Å². The van der Waals surface area contributed by atoms with Crippen LogP contribution >= 0.6 is 27.5 Å². The minimum Gasteiger partial charge on any atom is -0.385 e. The Morgan fingerprint density at radius 1 is 1.50 bits per heavy atom. The molecule has 0 aliphatic rings. The molecule has 16 heavy (non-hydrogen) atoms. The largest absolute Gasteiger partial charge is 0.385 e. The molecule has 1 aromatic carbocycles. The summed E-state index contributed by atoms with van der Waals surface area (Å²) in [7, 11) is 0. The lowest BCUT2D eigenvalue weighted by Crippen LogP contribution is -2.14. The highest BCUT2D eigenvalue weighted by Gasteiger charge is 2.15. The first kappa shape index (κ1) is 13.3. The molecular formula is C12H14BrClN2. The first-order chi connectivity index (χ1) is 7.44. The second-order valence-electron chi connectivity index (χ2n) is 4.30. The fraction of sp³-hybridized carbons (Fsp3) is 0.417. The molecule has 1 rings (SSSR count). The van der Waals surface area contributed by atoms with E-state index in [0.29, 0.717) is 5.02 Å². The third-order valence-electron chi connectivity index (χ3n) is 2.30. The number of nitrogens with one attached hydrogen (secondary N) is 1. The van der Waals surface area contributed by atoms with Crippen molar-refractivity contribution in [2.24, 2.45) is 5.41 Å². The molecule has 0 aromatic heterocycles. The lowest BCUT2D eigenvalue weighted by molar-refractivity contribution is 0.466. The molecule has 0 spiro atoms. The summed E-state index contributed by atoms with van der Waals surface area (Å²) in [6, 6.07) is 7.97. The van der Waals surface area contributed by atoms with Gasteiger partial charge in [-0.2, -0.15) is 5.26 Å². The fourth-order valence-electron chi connectivity index (χ4n) is 1.18. The summed E-state index contributed by atoms with van der Waals surface area (Å²) < 4.78 is 0.874. The van der Waals surface area contributed by atoms with Crippen molar-refractivity contribution in [2.75, 3.05) is 11.9 Å². The number of halogens is 2. The molecule has 86 valence electrons. The van der Waals surface area contributed by atoms with Gasteiger partial charge in [0.2, 0.25) is 0 Å². The Balaban J connectivity index is 2.50. The second-order valence-corrected chi connectivity index (χ2v) is 5.56. The molecule has 4 heteroatoms. The van der Waals surface area contributed by atoms with E-state index in [1.165, 1.54) is 0 Å². The highest BCUT2D eigenvalue weighted by atomic mass is 79.9. The maximum atomic E-state index is 8.87. The zero-order valence-corrected chi connectivity index (χ0v) is 11.7. The standard InChI is InChI=1S/C12H14BrClN2/c1-12(2,8-15)5-6-16-9-3-4-11(14)10(13)7-9/h3-4,7,16H,5-6H2,1-2H3. The van der Waals surface area contributed by atoms with Gasteiger partial charge in [-0.1, -0.05) is 11.6 Å². The van der Waals surface area contributed by atoms with E-state index in [2.05, 4.69) is 27.3 Å². The van der Waals surface area contributed by atoms with Crippen molar-refractivity contribution in [3.8, 4) is 6.07 Å². The van der Waals surface area contributed by atoms with E-state index >= 15 is 0 Å². The molecule has 1 aromatic rings. The Bertz CT molecular complexity index is 410. The summed E-state index contributed by atoms with van der Waals surface area (Å²) in [6.07, 6.45) is 0.809. The van der Waals surface area contributed by atoms with Gasteiger partial charge in [0.1, 0.15) is 0 Å². The van der Waals surface area contributed by atoms with Gasteiger partial charge in [-0.05, 0) is 54.4 Å². The average Bonchev–Trinajstić information content (AvgIpc) is 2.23. The van der Waals surface area contributed by atoms with Gasteiger partial charge in [-0.15, -0.1) is 0 Å². The summed E-state index contributed by atoms with van der Waals surface area (Å²) >= 11 is 9.26. The molecule has 2 nitrogen and oxygen atoms in total. The maximum absolute atomic E-state index is 8.87. The van der Waals surface area contributed by atoms with Crippen molar-refractivity contribution in [1.82, 2.24) is 0 Å². The van der Waals surface area contributed by atoms with Gasteiger partial charge in [0, 0.05) is 16.7 Å². The van der Waals surface area contributed by atoms with Crippen LogP contribution in [0.3, 0.4) is 0 Å². The highest BCUT2D eigenvalue weighted by Crippen LogP contribution is 2.26. The Morgan fingerprint density at radius 3 is 2.75 bits per heavy atom. The molecule has 0 atom stereocenters. The van der Waals surface area contributed by atoms with E-state index in [4.69, 9.17) is 16.9 Å². The van der Waals surface area contributed by atoms with Gasteiger partial charge < -0.3 is 5.32 Å². The van der Waals surface area contributed by atoms with Crippen LogP contribution in [0.25, 0.3) is 0 Å². The first-order valence-corrected chi connectivity index (χ1v) is 6.22. The van der Waals surface area contributed by atoms with Gasteiger partial charge in [-0.25, -0.2) is 0 Å². The molecule has 0 saturated carbocycles. The van der Waals surface area contributed by atoms with Crippen LogP contribution in [0.4, 0.5) is 5.69 Å². The summed E-state index contributed by atoms with van der Waals surface area (Å²) in [5.41, 5.74) is 0.724. The third kappa shape index (κ3) is 4.03. The summed E-state index contributed by atoms with van der Waals surface area (Å²) in [6.45, 7) is 4.65. The first-order valence-electron chi connectivity index (χ1n) is 5.05. The SMILES string of the molecule is CC(C)(C#N)CCNc1ccc(Cl)c(Br)c1. The van der Waals surface area contributed by atoms with Crippen molar-refractivity contribution in [2.45, 2.75) is 20.3 Å². The lowest BCUT2D eigenvalue weighted by atomic mass is 9.91. The highest BCUT2D eigenvalue weighted by molar-refractivity contribution is 9.10. The van der Waals surface area contributed by atoms with E-state index in [-0.39, 0.29) is 5.41 Å². The monoisotopic (exact) mass is 300 g/mol. The maximum Gasteiger partial charge on any atom is 0.0684 e. The minimum absolute atomic E-state index is 0.281. The topological polar surface area (TPSA) is 35.8 Å². The van der Waals surface area contributed by atoms with Gasteiger partial charge in [-0.3, -0.25) is 0 Å².